The molecule has 0 bridgehead atoms. The molecule has 0 heterocycles. The predicted molar refractivity (Wildman–Crippen MR) is 68.9 cm³/mol. The van der Waals surface area contributed by atoms with Gasteiger partial charge in [-0.05, 0) is 36.5 Å². The second-order valence-electron chi connectivity index (χ2n) is 5.02. The monoisotopic (exact) mass is 253 g/mol. The first kappa shape index (κ1) is 12.2. The van der Waals surface area contributed by atoms with Gasteiger partial charge in [-0.15, -0.1) is 0 Å². The zero-order valence-corrected chi connectivity index (χ0v) is 10.5. The molecule has 1 aliphatic carbocycles. The minimum Gasteiger partial charge on any atom is -0.478 e. The highest BCUT2D eigenvalue weighted by atomic mass is 35.5. The summed E-state index contributed by atoms with van der Waals surface area (Å²) in [5, 5.41) is 12.5. The highest BCUT2D eigenvalue weighted by Crippen LogP contribution is 2.40. The molecule has 1 aromatic rings. The van der Waals surface area contributed by atoms with Crippen LogP contribution in [0.1, 0.15) is 36.5 Å². The van der Waals surface area contributed by atoms with Gasteiger partial charge in [-0.3, -0.25) is 0 Å². The highest BCUT2D eigenvalue weighted by Gasteiger charge is 2.31. The topological polar surface area (TPSA) is 49.3 Å². The Hall–Kier alpha value is -1.22. The summed E-state index contributed by atoms with van der Waals surface area (Å²) in [5.41, 5.74) is 1.41. The molecule has 1 saturated carbocycles. The number of aromatic carboxylic acids is 1. The van der Waals surface area contributed by atoms with E-state index in [1.165, 1.54) is 25.3 Å². The molecule has 1 fully saturated rings. The molecule has 0 amide bonds. The van der Waals surface area contributed by atoms with Gasteiger partial charge in [-0.2, -0.15) is 0 Å². The van der Waals surface area contributed by atoms with Gasteiger partial charge in [0.1, 0.15) is 0 Å². The maximum atomic E-state index is 10.8. The molecule has 1 aliphatic rings. The largest absolute Gasteiger partial charge is 0.478 e. The second kappa shape index (κ2) is 4.57. The van der Waals surface area contributed by atoms with Gasteiger partial charge in [0.15, 0.2) is 0 Å². The van der Waals surface area contributed by atoms with E-state index in [1.54, 1.807) is 12.1 Å². The average molecular weight is 254 g/mol. The Morgan fingerprint density at radius 3 is 2.71 bits per heavy atom. The third-order valence-corrected chi connectivity index (χ3v) is 3.79. The van der Waals surface area contributed by atoms with Crippen LogP contribution in [0.3, 0.4) is 0 Å². The fourth-order valence-electron chi connectivity index (χ4n) is 2.07. The van der Waals surface area contributed by atoms with E-state index in [-0.39, 0.29) is 10.6 Å². The van der Waals surface area contributed by atoms with Crippen LogP contribution in [0.5, 0.6) is 0 Å². The number of anilines is 1. The van der Waals surface area contributed by atoms with Crippen LogP contribution in [0, 0.1) is 5.41 Å². The van der Waals surface area contributed by atoms with Crippen molar-refractivity contribution >= 4 is 23.3 Å². The molecule has 0 radical (unpaired) electrons. The fourth-order valence-corrected chi connectivity index (χ4v) is 2.33. The predicted octanol–water partition coefficient (Wildman–Crippen LogP) is 3.64. The molecule has 0 spiro atoms. The van der Waals surface area contributed by atoms with Gasteiger partial charge in [0.25, 0.3) is 0 Å². The smallest absolute Gasteiger partial charge is 0.337 e. The van der Waals surface area contributed by atoms with E-state index in [4.69, 9.17) is 16.7 Å². The lowest BCUT2D eigenvalue weighted by atomic mass is 9.70. The maximum absolute atomic E-state index is 10.8. The fraction of sp³-hybridized carbons (Fsp3) is 0.462. The van der Waals surface area contributed by atoms with Crippen LogP contribution in [-0.2, 0) is 0 Å². The minimum atomic E-state index is -0.993. The zero-order valence-electron chi connectivity index (χ0n) is 9.79. The van der Waals surface area contributed by atoms with Crippen LogP contribution in [-0.4, -0.2) is 17.6 Å². The van der Waals surface area contributed by atoms with Crippen LogP contribution in [0.25, 0.3) is 0 Å². The van der Waals surface area contributed by atoms with E-state index in [2.05, 4.69) is 12.2 Å². The van der Waals surface area contributed by atoms with Crippen LogP contribution < -0.4 is 5.32 Å². The molecule has 0 aliphatic heterocycles. The van der Waals surface area contributed by atoms with Gasteiger partial charge < -0.3 is 10.4 Å². The number of hydrogen-bond donors (Lipinski definition) is 2. The number of carboxylic acid groups (broad SMARTS) is 1. The normalized spacial score (nSPS) is 17.3. The Kier molecular flexibility index (Phi) is 3.29. The Balaban J connectivity index is 2.02. The van der Waals surface area contributed by atoms with E-state index < -0.39 is 5.97 Å². The first-order valence-electron chi connectivity index (χ1n) is 5.77. The molecular weight excluding hydrogens is 238 g/mol. The van der Waals surface area contributed by atoms with Crippen LogP contribution >= 0.6 is 11.6 Å². The number of nitrogens with one attached hydrogen (secondary N) is 1. The molecular formula is C13H16ClNO2. The summed E-state index contributed by atoms with van der Waals surface area (Å²) in [6, 6.07) is 4.97. The van der Waals surface area contributed by atoms with Crippen molar-refractivity contribution in [2.75, 3.05) is 11.9 Å². The number of carboxylic acids is 1. The van der Waals surface area contributed by atoms with Gasteiger partial charge in [-0.1, -0.05) is 24.9 Å². The molecule has 92 valence electrons. The molecule has 0 saturated heterocycles. The van der Waals surface area contributed by atoms with Crippen molar-refractivity contribution in [1.82, 2.24) is 0 Å². The summed E-state index contributed by atoms with van der Waals surface area (Å²) >= 11 is 5.90. The third kappa shape index (κ3) is 2.72. The van der Waals surface area contributed by atoms with E-state index in [0.717, 1.165) is 12.2 Å². The molecule has 17 heavy (non-hydrogen) atoms. The Morgan fingerprint density at radius 2 is 2.24 bits per heavy atom. The lowest BCUT2D eigenvalue weighted by Crippen LogP contribution is -2.33. The number of halogens is 1. The highest BCUT2D eigenvalue weighted by molar-refractivity contribution is 6.33. The number of carbonyl (C=O) groups is 1. The molecule has 3 nitrogen and oxygen atoms in total. The van der Waals surface area contributed by atoms with Crippen LogP contribution in [0.15, 0.2) is 18.2 Å². The standard InChI is InChI=1S/C13H16ClNO2/c1-13(5-2-6-13)8-15-9-3-4-10(12(16)17)11(14)7-9/h3-4,7,15H,2,5-6,8H2,1H3,(H,16,17). The average Bonchev–Trinajstić information content (AvgIpc) is 2.23. The Labute approximate surface area is 106 Å². The third-order valence-electron chi connectivity index (χ3n) is 3.48. The van der Waals surface area contributed by atoms with Crippen molar-refractivity contribution in [1.29, 1.82) is 0 Å². The molecule has 0 aromatic heterocycles. The number of rotatable bonds is 4. The first-order chi connectivity index (χ1) is 8.00. The van der Waals surface area contributed by atoms with Crippen molar-refractivity contribution in [3.63, 3.8) is 0 Å². The van der Waals surface area contributed by atoms with Crippen molar-refractivity contribution in [3.05, 3.63) is 28.8 Å². The van der Waals surface area contributed by atoms with E-state index in [9.17, 15) is 4.79 Å². The second-order valence-corrected chi connectivity index (χ2v) is 5.42. The van der Waals surface area contributed by atoms with Crippen molar-refractivity contribution in [2.24, 2.45) is 5.41 Å². The van der Waals surface area contributed by atoms with Crippen molar-refractivity contribution in [3.8, 4) is 0 Å². The van der Waals surface area contributed by atoms with Gasteiger partial charge in [0.2, 0.25) is 0 Å². The minimum absolute atomic E-state index is 0.145. The van der Waals surface area contributed by atoms with Crippen molar-refractivity contribution < 1.29 is 9.90 Å². The molecule has 1 aromatic carbocycles. The number of benzene rings is 1. The number of hydrogen-bond acceptors (Lipinski definition) is 2. The van der Waals surface area contributed by atoms with Gasteiger partial charge in [0.05, 0.1) is 10.6 Å². The Bertz CT molecular complexity index is 441. The zero-order chi connectivity index (χ0) is 12.5. The van der Waals surface area contributed by atoms with Crippen LogP contribution in [0.4, 0.5) is 5.69 Å². The van der Waals surface area contributed by atoms with Gasteiger partial charge in [-0.25, -0.2) is 4.79 Å². The maximum Gasteiger partial charge on any atom is 0.337 e. The molecule has 0 unspecified atom stereocenters. The summed E-state index contributed by atoms with van der Waals surface area (Å²) in [6.07, 6.45) is 3.80. The molecule has 4 heteroatoms. The Morgan fingerprint density at radius 1 is 1.53 bits per heavy atom. The van der Waals surface area contributed by atoms with E-state index in [1.807, 2.05) is 0 Å². The summed E-state index contributed by atoms with van der Waals surface area (Å²) in [4.78, 5) is 10.8. The van der Waals surface area contributed by atoms with Gasteiger partial charge in [0, 0.05) is 12.2 Å². The van der Waals surface area contributed by atoms with Crippen molar-refractivity contribution in [2.45, 2.75) is 26.2 Å². The van der Waals surface area contributed by atoms with E-state index >= 15 is 0 Å². The molecule has 2 N–H and O–H groups in total. The van der Waals surface area contributed by atoms with Gasteiger partial charge >= 0.3 is 5.97 Å². The SMILES string of the molecule is CC1(CNc2ccc(C(=O)O)c(Cl)c2)CCC1. The molecule has 2 rings (SSSR count). The van der Waals surface area contributed by atoms with E-state index in [0.29, 0.717) is 5.41 Å². The lowest BCUT2D eigenvalue weighted by molar-refractivity contribution is 0.0697. The summed E-state index contributed by atoms with van der Waals surface area (Å²) < 4.78 is 0. The lowest BCUT2D eigenvalue weighted by Gasteiger charge is -2.38. The summed E-state index contributed by atoms with van der Waals surface area (Å²) in [7, 11) is 0. The summed E-state index contributed by atoms with van der Waals surface area (Å²) in [6.45, 7) is 3.17. The first-order valence-corrected chi connectivity index (χ1v) is 6.15. The van der Waals surface area contributed by atoms with Crippen LogP contribution in [0.2, 0.25) is 5.02 Å². The quantitative estimate of drug-likeness (QED) is 0.861. The molecule has 0 atom stereocenters. The summed E-state index contributed by atoms with van der Waals surface area (Å²) in [5.74, 6) is -0.993.